The Hall–Kier alpha value is -0.830. The summed E-state index contributed by atoms with van der Waals surface area (Å²) in [5.41, 5.74) is 2.34. The first-order valence-corrected chi connectivity index (χ1v) is 7.44. The zero-order valence-electron chi connectivity index (χ0n) is 10.6. The Labute approximate surface area is 116 Å². The quantitative estimate of drug-likeness (QED) is 0.903. The van der Waals surface area contributed by atoms with Crippen LogP contribution in [0.4, 0.5) is 0 Å². The first-order valence-electron chi connectivity index (χ1n) is 6.64. The summed E-state index contributed by atoms with van der Waals surface area (Å²) >= 11 is 3.44. The third-order valence-electron chi connectivity index (χ3n) is 4.24. The summed E-state index contributed by atoms with van der Waals surface area (Å²) in [7, 11) is 0. The number of halogens is 1. The van der Waals surface area contributed by atoms with Crippen LogP contribution in [0.3, 0.4) is 0 Å². The minimum atomic E-state index is 0.0614. The van der Waals surface area contributed by atoms with Crippen molar-refractivity contribution in [1.82, 2.24) is 5.32 Å². The molecule has 0 atom stereocenters. The molecule has 2 aliphatic rings. The molecule has 0 aromatic heterocycles. The van der Waals surface area contributed by atoms with Gasteiger partial charge in [0.25, 0.3) is 5.91 Å². The van der Waals surface area contributed by atoms with Crippen molar-refractivity contribution in [3.8, 4) is 0 Å². The highest BCUT2D eigenvalue weighted by Crippen LogP contribution is 2.60. The van der Waals surface area contributed by atoms with Crippen LogP contribution >= 0.6 is 15.9 Å². The van der Waals surface area contributed by atoms with Crippen LogP contribution in [-0.2, 0) is 0 Å². The molecule has 2 saturated carbocycles. The molecular formula is C15H18BrNO. The highest BCUT2D eigenvalue weighted by atomic mass is 79.9. The van der Waals surface area contributed by atoms with E-state index in [2.05, 4.69) is 21.2 Å². The fraction of sp³-hybridized carbons (Fsp3) is 0.533. The van der Waals surface area contributed by atoms with Gasteiger partial charge in [-0.15, -0.1) is 0 Å². The van der Waals surface area contributed by atoms with E-state index in [-0.39, 0.29) is 5.91 Å². The number of benzene rings is 1. The van der Waals surface area contributed by atoms with E-state index in [0.29, 0.717) is 5.41 Å². The Morgan fingerprint density at radius 1 is 1.39 bits per heavy atom. The van der Waals surface area contributed by atoms with E-state index in [1.807, 2.05) is 25.1 Å². The molecule has 1 aromatic carbocycles. The second-order valence-electron chi connectivity index (χ2n) is 5.84. The van der Waals surface area contributed by atoms with Gasteiger partial charge in [-0.25, -0.2) is 0 Å². The molecule has 0 spiro atoms. The predicted molar refractivity (Wildman–Crippen MR) is 75.6 cm³/mol. The molecule has 3 heteroatoms. The Balaban J connectivity index is 1.64. The molecule has 96 valence electrons. The number of rotatable bonds is 4. The van der Waals surface area contributed by atoms with Crippen LogP contribution in [-0.4, -0.2) is 12.5 Å². The molecule has 0 heterocycles. The zero-order valence-corrected chi connectivity index (χ0v) is 12.2. The van der Waals surface area contributed by atoms with Crippen molar-refractivity contribution in [3.05, 3.63) is 33.8 Å². The fourth-order valence-electron chi connectivity index (χ4n) is 2.81. The second-order valence-corrected chi connectivity index (χ2v) is 6.75. The van der Waals surface area contributed by atoms with Gasteiger partial charge in [-0.05, 0) is 67.7 Å². The van der Waals surface area contributed by atoms with E-state index in [0.717, 1.165) is 28.1 Å². The molecule has 0 bridgehead atoms. The second kappa shape index (κ2) is 4.37. The number of amides is 1. The van der Waals surface area contributed by atoms with Crippen molar-refractivity contribution in [2.45, 2.75) is 32.6 Å². The van der Waals surface area contributed by atoms with Crippen LogP contribution < -0.4 is 5.32 Å². The summed E-state index contributed by atoms with van der Waals surface area (Å²) in [6.07, 6.45) is 5.34. The molecule has 2 aliphatic carbocycles. The van der Waals surface area contributed by atoms with E-state index in [9.17, 15) is 4.79 Å². The van der Waals surface area contributed by atoms with Gasteiger partial charge in [0, 0.05) is 16.6 Å². The lowest BCUT2D eigenvalue weighted by Crippen LogP contribution is -2.31. The van der Waals surface area contributed by atoms with Crippen molar-refractivity contribution in [2.75, 3.05) is 6.54 Å². The van der Waals surface area contributed by atoms with Gasteiger partial charge in [0.05, 0.1) is 0 Å². The number of carbonyl (C=O) groups excluding carboxylic acids is 1. The Kier molecular flexibility index (Phi) is 2.97. The van der Waals surface area contributed by atoms with E-state index in [1.165, 1.54) is 25.7 Å². The molecule has 0 radical (unpaired) electrons. The van der Waals surface area contributed by atoms with E-state index >= 15 is 0 Å². The first-order chi connectivity index (χ1) is 8.59. The lowest BCUT2D eigenvalue weighted by atomic mass is 10.0. The molecule has 2 fully saturated rings. The maximum atomic E-state index is 12.1. The number of hydrogen-bond acceptors (Lipinski definition) is 1. The molecule has 1 amide bonds. The molecule has 0 aliphatic heterocycles. The monoisotopic (exact) mass is 307 g/mol. The van der Waals surface area contributed by atoms with Crippen LogP contribution in [0, 0.1) is 18.3 Å². The molecular weight excluding hydrogens is 290 g/mol. The van der Waals surface area contributed by atoms with Crippen molar-refractivity contribution >= 4 is 21.8 Å². The highest BCUT2D eigenvalue weighted by molar-refractivity contribution is 9.10. The van der Waals surface area contributed by atoms with E-state index in [1.54, 1.807) is 0 Å². The summed E-state index contributed by atoms with van der Waals surface area (Å²) in [5.74, 6) is 0.952. The average molecular weight is 308 g/mol. The van der Waals surface area contributed by atoms with Gasteiger partial charge in [-0.3, -0.25) is 4.79 Å². The Morgan fingerprint density at radius 3 is 2.67 bits per heavy atom. The van der Waals surface area contributed by atoms with Crippen molar-refractivity contribution in [1.29, 1.82) is 0 Å². The Bertz CT molecular complexity index is 469. The van der Waals surface area contributed by atoms with E-state index < -0.39 is 0 Å². The largest absolute Gasteiger partial charge is 0.351 e. The van der Waals surface area contributed by atoms with Crippen LogP contribution in [0.2, 0.25) is 0 Å². The Morgan fingerprint density at radius 2 is 2.11 bits per heavy atom. The van der Waals surface area contributed by atoms with Gasteiger partial charge in [-0.1, -0.05) is 15.9 Å². The van der Waals surface area contributed by atoms with Crippen LogP contribution in [0.25, 0.3) is 0 Å². The summed E-state index contributed by atoms with van der Waals surface area (Å²) in [6, 6.07) is 5.85. The zero-order chi connectivity index (χ0) is 12.8. The minimum Gasteiger partial charge on any atom is -0.351 e. The maximum Gasteiger partial charge on any atom is 0.251 e. The smallest absolute Gasteiger partial charge is 0.251 e. The summed E-state index contributed by atoms with van der Waals surface area (Å²) in [5, 5.41) is 3.12. The van der Waals surface area contributed by atoms with Gasteiger partial charge in [0.2, 0.25) is 0 Å². The van der Waals surface area contributed by atoms with E-state index in [4.69, 9.17) is 0 Å². The van der Waals surface area contributed by atoms with Gasteiger partial charge < -0.3 is 5.32 Å². The maximum absolute atomic E-state index is 12.1. The number of nitrogens with one attached hydrogen (secondary N) is 1. The SMILES string of the molecule is Cc1cc(Br)cc(C(=O)NCC2(C3CC3)CC2)c1. The van der Waals surface area contributed by atoms with Gasteiger partial charge >= 0.3 is 0 Å². The first kappa shape index (κ1) is 12.2. The van der Waals surface area contributed by atoms with Crippen LogP contribution in [0.15, 0.2) is 22.7 Å². The van der Waals surface area contributed by atoms with Crippen molar-refractivity contribution in [3.63, 3.8) is 0 Å². The molecule has 3 rings (SSSR count). The molecule has 1 aromatic rings. The molecule has 2 nitrogen and oxygen atoms in total. The third kappa shape index (κ3) is 2.46. The normalized spacial score (nSPS) is 20.6. The average Bonchev–Trinajstić information content (AvgIpc) is 3.15. The summed E-state index contributed by atoms with van der Waals surface area (Å²) in [4.78, 5) is 12.1. The standard InChI is InChI=1S/C15H18BrNO/c1-10-6-11(8-13(16)7-10)14(18)17-9-15(4-5-15)12-2-3-12/h6-8,12H,2-5,9H2,1H3,(H,17,18). The number of carbonyl (C=O) groups is 1. The molecule has 1 N–H and O–H groups in total. The van der Waals surface area contributed by atoms with Gasteiger partial charge in [0.1, 0.15) is 0 Å². The third-order valence-corrected chi connectivity index (χ3v) is 4.70. The van der Waals surface area contributed by atoms with Crippen molar-refractivity contribution in [2.24, 2.45) is 11.3 Å². The summed E-state index contributed by atoms with van der Waals surface area (Å²) in [6.45, 7) is 2.87. The van der Waals surface area contributed by atoms with Crippen LogP contribution in [0.5, 0.6) is 0 Å². The fourth-order valence-corrected chi connectivity index (χ4v) is 3.42. The minimum absolute atomic E-state index is 0.0614. The number of hydrogen-bond donors (Lipinski definition) is 1. The summed E-state index contributed by atoms with van der Waals surface area (Å²) < 4.78 is 0.968. The highest BCUT2D eigenvalue weighted by Gasteiger charge is 2.53. The molecule has 0 unspecified atom stereocenters. The number of aryl methyl sites for hydroxylation is 1. The predicted octanol–water partition coefficient (Wildman–Crippen LogP) is 3.68. The van der Waals surface area contributed by atoms with Gasteiger partial charge in [0.15, 0.2) is 0 Å². The lowest BCUT2D eigenvalue weighted by molar-refractivity contribution is 0.0942. The van der Waals surface area contributed by atoms with Crippen molar-refractivity contribution < 1.29 is 4.79 Å². The molecule has 0 saturated heterocycles. The van der Waals surface area contributed by atoms with Gasteiger partial charge in [-0.2, -0.15) is 0 Å². The topological polar surface area (TPSA) is 29.1 Å². The molecule has 18 heavy (non-hydrogen) atoms. The van der Waals surface area contributed by atoms with Crippen LogP contribution in [0.1, 0.15) is 41.6 Å². The lowest BCUT2D eigenvalue weighted by Gasteiger charge is -2.15.